The number of esters is 4. The van der Waals surface area contributed by atoms with Crippen molar-refractivity contribution in [2.75, 3.05) is 39.6 Å². The Morgan fingerprint density at radius 2 is 0.430 bits per heavy atom. The van der Waals surface area contributed by atoms with Gasteiger partial charge in [-0.05, 0) is 37.5 Å². The first-order valence-electron chi connectivity index (χ1n) is 45.5. The summed E-state index contributed by atoms with van der Waals surface area (Å²) in [6.45, 7) is 9.62. The maximum Gasteiger partial charge on any atom is 0.472 e. The number of hydrogen-bond acceptors (Lipinski definition) is 15. The molecule has 0 amide bonds. The topological polar surface area (TPSA) is 237 Å². The summed E-state index contributed by atoms with van der Waals surface area (Å²) in [5.74, 6) is -0.629. The van der Waals surface area contributed by atoms with Crippen molar-refractivity contribution in [1.29, 1.82) is 0 Å². The molecule has 0 saturated carbocycles. The molecule has 0 heterocycles. The minimum atomic E-state index is -4.97. The summed E-state index contributed by atoms with van der Waals surface area (Å²) in [4.78, 5) is 73.2. The lowest BCUT2D eigenvalue weighted by molar-refractivity contribution is -0.161. The second-order valence-corrected chi connectivity index (χ2v) is 35.5. The van der Waals surface area contributed by atoms with Gasteiger partial charge in [0.15, 0.2) is 12.2 Å². The van der Waals surface area contributed by atoms with Crippen LogP contribution in [0, 0.1) is 11.8 Å². The van der Waals surface area contributed by atoms with E-state index >= 15 is 0 Å². The Balaban J connectivity index is 5.20. The lowest BCUT2D eigenvalue weighted by Crippen LogP contribution is -2.30. The van der Waals surface area contributed by atoms with Gasteiger partial charge in [0.1, 0.15) is 19.3 Å². The Labute approximate surface area is 658 Å². The zero-order chi connectivity index (χ0) is 78.5. The van der Waals surface area contributed by atoms with Crippen LogP contribution in [0.1, 0.15) is 472 Å². The summed E-state index contributed by atoms with van der Waals surface area (Å²) in [5.41, 5.74) is 0. The van der Waals surface area contributed by atoms with Gasteiger partial charge < -0.3 is 33.8 Å². The number of ether oxygens (including phenoxy) is 4. The number of unbranched alkanes of at least 4 members (excludes halogenated alkanes) is 57. The van der Waals surface area contributed by atoms with E-state index in [2.05, 4.69) is 41.5 Å². The molecule has 636 valence electrons. The lowest BCUT2D eigenvalue weighted by atomic mass is 10.0. The smallest absolute Gasteiger partial charge is 0.462 e. The Kier molecular flexibility index (Phi) is 77.9. The number of carbonyl (C=O) groups excluding carboxylic acids is 4. The van der Waals surface area contributed by atoms with E-state index in [-0.39, 0.29) is 25.7 Å². The van der Waals surface area contributed by atoms with Gasteiger partial charge in [0.25, 0.3) is 0 Å². The molecule has 2 unspecified atom stereocenters. The summed E-state index contributed by atoms with van der Waals surface area (Å²) < 4.78 is 68.9. The molecular weight excluding hydrogens is 1390 g/mol. The van der Waals surface area contributed by atoms with Gasteiger partial charge in [-0.1, -0.05) is 420 Å². The molecular formula is C88H172O17P2. The molecule has 0 bridgehead atoms. The highest BCUT2D eigenvalue weighted by molar-refractivity contribution is 7.47. The van der Waals surface area contributed by atoms with Crippen LogP contribution in [0.15, 0.2) is 0 Å². The fourth-order valence-corrected chi connectivity index (χ4v) is 15.4. The Morgan fingerprint density at radius 1 is 0.252 bits per heavy atom. The van der Waals surface area contributed by atoms with Crippen molar-refractivity contribution in [2.45, 2.75) is 490 Å². The maximum atomic E-state index is 13.2. The highest BCUT2D eigenvalue weighted by Crippen LogP contribution is 2.45. The second kappa shape index (κ2) is 79.3. The number of rotatable bonds is 87. The van der Waals surface area contributed by atoms with Crippen molar-refractivity contribution in [3.8, 4) is 0 Å². The number of carbonyl (C=O) groups is 4. The molecule has 0 aromatic heterocycles. The van der Waals surface area contributed by atoms with Crippen LogP contribution in [0.5, 0.6) is 0 Å². The highest BCUT2D eigenvalue weighted by atomic mass is 31.2. The highest BCUT2D eigenvalue weighted by Gasteiger charge is 2.30. The third-order valence-corrected chi connectivity index (χ3v) is 22.6. The van der Waals surface area contributed by atoms with Crippen molar-refractivity contribution >= 4 is 39.5 Å². The first-order chi connectivity index (χ1) is 51.9. The van der Waals surface area contributed by atoms with Crippen LogP contribution in [0.4, 0.5) is 0 Å². The fraction of sp³-hybridized carbons (Fsp3) is 0.955. The van der Waals surface area contributed by atoms with Crippen LogP contribution in [-0.2, 0) is 65.4 Å². The third-order valence-electron chi connectivity index (χ3n) is 20.7. The average Bonchev–Trinajstić information content (AvgIpc) is 0.907. The van der Waals surface area contributed by atoms with E-state index in [0.717, 1.165) is 102 Å². The SMILES string of the molecule is CCCCCCCCCCCCCCCCCCCCCCCCC(=O)O[C@H](COC(=O)CCCCCCCCCCCCCCCCCCCCC)COP(=O)(O)OC[C@@H](O)COP(=O)(O)OC[C@@H](COC(=O)CCCCCCCCC(C)C)OC(=O)CCCCCCCCCCCCCCCCC(C)C. The van der Waals surface area contributed by atoms with Crippen molar-refractivity contribution in [3.05, 3.63) is 0 Å². The molecule has 3 N–H and O–H groups in total. The zero-order valence-corrected chi connectivity index (χ0v) is 72.2. The average molecular weight is 1560 g/mol. The van der Waals surface area contributed by atoms with Crippen LogP contribution in [0.2, 0.25) is 0 Å². The summed E-state index contributed by atoms with van der Waals surface area (Å²) in [6.07, 6.45) is 72.6. The van der Waals surface area contributed by atoms with Crippen molar-refractivity contribution in [1.82, 2.24) is 0 Å². The second-order valence-electron chi connectivity index (χ2n) is 32.6. The monoisotopic (exact) mass is 1560 g/mol. The molecule has 19 heteroatoms. The number of phosphoric acid groups is 2. The molecule has 107 heavy (non-hydrogen) atoms. The van der Waals surface area contributed by atoms with Crippen molar-refractivity contribution < 1.29 is 80.2 Å². The quantitative estimate of drug-likeness (QED) is 0.0222. The van der Waals surface area contributed by atoms with Crippen molar-refractivity contribution in [3.63, 3.8) is 0 Å². The van der Waals surface area contributed by atoms with Crippen molar-refractivity contribution in [2.24, 2.45) is 11.8 Å². The molecule has 0 aromatic carbocycles. The van der Waals surface area contributed by atoms with Gasteiger partial charge in [-0.25, -0.2) is 9.13 Å². The molecule has 0 radical (unpaired) electrons. The van der Waals surface area contributed by atoms with Crippen LogP contribution in [-0.4, -0.2) is 96.7 Å². The first-order valence-corrected chi connectivity index (χ1v) is 48.5. The number of aliphatic hydroxyl groups excluding tert-OH is 1. The molecule has 0 fully saturated rings. The standard InChI is InChI=1S/C88H172O17P2/c1-7-9-11-13-15-17-19-21-23-25-27-28-29-31-33-35-40-44-48-52-60-66-72-87(92)104-83(76-98-85(90)70-64-58-51-47-43-39-34-32-30-26-24-22-20-18-16-14-12-10-8-2)78-102-106(94,95)100-74-82(89)75-101-107(96,97)103-79-84(77-99-86(91)71-65-59-55-54-57-63-69-81(5)6)105-88(93)73-67-61-53-49-45-41-37-36-38-42-46-50-56-62-68-80(3)4/h80-84,89H,7-79H2,1-6H3,(H,94,95)(H,96,97)/t82-,83-,84-/m1/s1. The summed E-state index contributed by atoms with van der Waals surface area (Å²) in [6, 6.07) is 0. The summed E-state index contributed by atoms with van der Waals surface area (Å²) in [7, 11) is -9.93. The Bertz CT molecular complexity index is 2050. The number of hydrogen-bond donors (Lipinski definition) is 3. The molecule has 0 aliphatic carbocycles. The van der Waals surface area contributed by atoms with E-state index in [1.165, 1.54) is 283 Å². The molecule has 0 aromatic rings. The predicted octanol–water partition coefficient (Wildman–Crippen LogP) is 27.0. The van der Waals surface area contributed by atoms with E-state index in [1.54, 1.807) is 0 Å². The normalized spacial score (nSPS) is 13.8. The fourth-order valence-electron chi connectivity index (χ4n) is 13.8. The van der Waals surface area contributed by atoms with E-state index in [9.17, 15) is 43.2 Å². The molecule has 0 spiro atoms. The van der Waals surface area contributed by atoms with Gasteiger partial charge >= 0.3 is 39.5 Å². The first kappa shape index (κ1) is 105. The maximum absolute atomic E-state index is 13.2. The van der Waals surface area contributed by atoms with Gasteiger partial charge in [0.2, 0.25) is 0 Å². The lowest BCUT2D eigenvalue weighted by Gasteiger charge is -2.21. The minimum absolute atomic E-state index is 0.107. The number of phosphoric ester groups is 2. The van der Waals surface area contributed by atoms with Gasteiger partial charge in [-0.2, -0.15) is 0 Å². The van der Waals surface area contributed by atoms with Gasteiger partial charge in [0.05, 0.1) is 26.4 Å². The third kappa shape index (κ3) is 81.9. The van der Waals surface area contributed by atoms with Crippen LogP contribution in [0.3, 0.4) is 0 Å². The summed E-state index contributed by atoms with van der Waals surface area (Å²) in [5, 5.41) is 10.7. The van der Waals surface area contributed by atoms with Crippen LogP contribution >= 0.6 is 15.6 Å². The van der Waals surface area contributed by atoms with E-state index in [0.29, 0.717) is 31.6 Å². The van der Waals surface area contributed by atoms with Gasteiger partial charge in [-0.15, -0.1) is 0 Å². The predicted molar refractivity (Wildman–Crippen MR) is 442 cm³/mol. The Morgan fingerprint density at radius 3 is 0.636 bits per heavy atom. The van der Waals surface area contributed by atoms with Gasteiger partial charge in [0, 0.05) is 25.7 Å². The number of aliphatic hydroxyl groups is 1. The molecule has 0 rings (SSSR count). The minimum Gasteiger partial charge on any atom is -0.462 e. The van der Waals surface area contributed by atoms with Crippen LogP contribution in [0.25, 0.3) is 0 Å². The molecule has 5 atom stereocenters. The van der Waals surface area contributed by atoms with Crippen LogP contribution < -0.4 is 0 Å². The largest absolute Gasteiger partial charge is 0.472 e. The zero-order valence-electron chi connectivity index (χ0n) is 70.5. The molecule has 0 aliphatic heterocycles. The molecule has 0 saturated heterocycles. The van der Waals surface area contributed by atoms with E-state index in [4.69, 9.17) is 37.0 Å². The Hall–Kier alpha value is -1.94. The van der Waals surface area contributed by atoms with Gasteiger partial charge in [-0.3, -0.25) is 37.3 Å². The summed E-state index contributed by atoms with van der Waals surface area (Å²) >= 11 is 0. The molecule has 0 aliphatic rings. The molecule has 17 nitrogen and oxygen atoms in total. The van der Waals surface area contributed by atoms with E-state index in [1.807, 2.05) is 0 Å². The van der Waals surface area contributed by atoms with E-state index < -0.39 is 97.5 Å².